The summed E-state index contributed by atoms with van der Waals surface area (Å²) in [5, 5.41) is 7.31. The van der Waals surface area contributed by atoms with Crippen LogP contribution >= 0.6 is 0 Å². The van der Waals surface area contributed by atoms with Crippen molar-refractivity contribution in [2.75, 3.05) is 0 Å². The van der Waals surface area contributed by atoms with Crippen LogP contribution in [0.1, 0.15) is 23.6 Å². The fourth-order valence-corrected chi connectivity index (χ4v) is 3.90. The summed E-state index contributed by atoms with van der Waals surface area (Å²) in [5.74, 6) is 0. The third-order valence-electron chi connectivity index (χ3n) is 5.76. The summed E-state index contributed by atoms with van der Waals surface area (Å²) < 4.78 is 2.09. The normalized spacial score (nSPS) is 11.4. The molecule has 0 amide bonds. The molecule has 3 nitrogen and oxygen atoms in total. The third kappa shape index (κ3) is 2.90. The zero-order valence-electron chi connectivity index (χ0n) is 17.0. The van der Waals surface area contributed by atoms with Crippen molar-refractivity contribution in [1.82, 2.24) is 14.8 Å². The second-order valence-corrected chi connectivity index (χ2v) is 7.62. The summed E-state index contributed by atoms with van der Waals surface area (Å²) in [5.41, 5.74) is 9.12. The van der Waals surface area contributed by atoms with Gasteiger partial charge in [0.2, 0.25) is 0 Å². The molecule has 0 aliphatic rings. The molecular weight excluding hydrogens is 354 g/mol. The molecule has 0 saturated heterocycles. The van der Waals surface area contributed by atoms with E-state index < -0.39 is 0 Å². The maximum atomic E-state index is 5.08. The van der Waals surface area contributed by atoms with E-state index >= 15 is 0 Å². The molecule has 0 bridgehead atoms. The first kappa shape index (κ1) is 17.6. The minimum Gasteiger partial charge on any atom is -0.255 e. The molecule has 0 aliphatic carbocycles. The Bertz CT molecular complexity index is 1350. The standard InChI is InChI=1S/C26H23N3/c1-4-19-11-13-24-22(15-19)26-23(16-27-24)25(20-8-6-5-7-9-20)28-29(26)21-12-10-17(2)18(3)14-21/h5-16H,4H2,1-3H3. The number of hydrogen-bond donors (Lipinski definition) is 0. The van der Waals surface area contributed by atoms with Crippen LogP contribution in [-0.4, -0.2) is 14.8 Å². The molecule has 2 aromatic heterocycles. The van der Waals surface area contributed by atoms with E-state index in [0.717, 1.165) is 45.2 Å². The first-order valence-electron chi connectivity index (χ1n) is 10.1. The van der Waals surface area contributed by atoms with Gasteiger partial charge >= 0.3 is 0 Å². The molecule has 5 rings (SSSR count). The number of aromatic nitrogens is 3. The summed E-state index contributed by atoms with van der Waals surface area (Å²) in [6.45, 7) is 6.48. The lowest BCUT2D eigenvalue weighted by atomic mass is 10.0. The second kappa shape index (κ2) is 6.85. The van der Waals surface area contributed by atoms with Gasteiger partial charge in [0, 0.05) is 22.5 Å². The average molecular weight is 377 g/mol. The Labute approximate surface area is 170 Å². The van der Waals surface area contributed by atoms with E-state index in [1.807, 2.05) is 12.3 Å². The first-order chi connectivity index (χ1) is 14.2. The van der Waals surface area contributed by atoms with Gasteiger partial charge in [0.25, 0.3) is 0 Å². The number of rotatable bonds is 3. The molecule has 3 aromatic carbocycles. The van der Waals surface area contributed by atoms with Crippen LogP contribution in [0.4, 0.5) is 0 Å². The third-order valence-corrected chi connectivity index (χ3v) is 5.76. The molecule has 2 heterocycles. The van der Waals surface area contributed by atoms with E-state index in [4.69, 9.17) is 10.1 Å². The topological polar surface area (TPSA) is 30.7 Å². The lowest BCUT2D eigenvalue weighted by Crippen LogP contribution is -1.99. The quantitative estimate of drug-likeness (QED) is 0.363. The average Bonchev–Trinajstić information content (AvgIpc) is 3.16. The summed E-state index contributed by atoms with van der Waals surface area (Å²) >= 11 is 0. The van der Waals surface area contributed by atoms with Crippen molar-refractivity contribution in [2.24, 2.45) is 0 Å². The highest BCUT2D eigenvalue weighted by Crippen LogP contribution is 2.34. The number of hydrogen-bond acceptors (Lipinski definition) is 2. The monoisotopic (exact) mass is 377 g/mol. The minimum absolute atomic E-state index is 0.968. The lowest BCUT2D eigenvalue weighted by molar-refractivity contribution is 0.915. The van der Waals surface area contributed by atoms with Crippen molar-refractivity contribution in [1.29, 1.82) is 0 Å². The molecule has 0 spiro atoms. The smallest absolute Gasteiger partial charge is 0.102 e. The second-order valence-electron chi connectivity index (χ2n) is 7.62. The highest BCUT2D eigenvalue weighted by molar-refractivity contribution is 6.08. The summed E-state index contributed by atoms with van der Waals surface area (Å²) in [4.78, 5) is 4.76. The number of fused-ring (bicyclic) bond motifs is 3. The predicted molar refractivity (Wildman–Crippen MR) is 121 cm³/mol. The summed E-state index contributed by atoms with van der Waals surface area (Å²) in [7, 11) is 0. The van der Waals surface area contributed by atoms with Gasteiger partial charge in [0.15, 0.2) is 0 Å². The van der Waals surface area contributed by atoms with Crippen molar-refractivity contribution in [3.63, 3.8) is 0 Å². The fourth-order valence-electron chi connectivity index (χ4n) is 3.90. The van der Waals surface area contributed by atoms with E-state index in [2.05, 4.69) is 86.1 Å². The van der Waals surface area contributed by atoms with Crippen LogP contribution in [0.5, 0.6) is 0 Å². The van der Waals surface area contributed by atoms with Crippen LogP contribution in [0.2, 0.25) is 0 Å². The van der Waals surface area contributed by atoms with Gasteiger partial charge in [-0.25, -0.2) is 4.68 Å². The van der Waals surface area contributed by atoms with Crippen molar-refractivity contribution in [2.45, 2.75) is 27.2 Å². The Morgan fingerprint density at radius 2 is 1.66 bits per heavy atom. The molecule has 0 fully saturated rings. The Kier molecular flexibility index (Phi) is 4.17. The van der Waals surface area contributed by atoms with Crippen molar-refractivity contribution in [3.8, 4) is 16.9 Å². The molecule has 142 valence electrons. The van der Waals surface area contributed by atoms with Crippen LogP contribution in [0, 0.1) is 13.8 Å². The molecular formula is C26H23N3. The Hall–Kier alpha value is -3.46. The van der Waals surface area contributed by atoms with E-state index in [9.17, 15) is 0 Å². The molecule has 0 atom stereocenters. The highest BCUT2D eigenvalue weighted by atomic mass is 15.3. The van der Waals surface area contributed by atoms with Gasteiger partial charge in [-0.15, -0.1) is 0 Å². The van der Waals surface area contributed by atoms with Crippen molar-refractivity contribution >= 4 is 21.8 Å². The summed E-state index contributed by atoms with van der Waals surface area (Å²) in [6.07, 6.45) is 2.96. The Morgan fingerprint density at radius 3 is 2.41 bits per heavy atom. The van der Waals surface area contributed by atoms with Crippen LogP contribution in [0.3, 0.4) is 0 Å². The number of benzene rings is 3. The van der Waals surface area contributed by atoms with Crippen LogP contribution in [0.25, 0.3) is 38.8 Å². The maximum Gasteiger partial charge on any atom is 0.102 e. The number of pyridine rings is 1. The van der Waals surface area contributed by atoms with Gasteiger partial charge in [0.1, 0.15) is 5.69 Å². The van der Waals surface area contributed by atoms with Gasteiger partial charge < -0.3 is 0 Å². The number of aryl methyl sites for hydroxylation is 3. The Morgan fingerprint density at radius 1 is 0.828 bits per heavy atom. The van der Waals surface area contributed by atoms with Gasteiger partial charge in [-0.3, -0.25) is 4.98 Å². The molecule has 29 heavy (non-hydrogen) atoms. The zero-order valence-corrected chi connectivity index (χ0v) is 17.0. The number of nitrogens with zero attached hydrogens (tertiary/aromatic N) is 3. The van der Waals surface area contributed by atoms with Crippen LogP contribution in [0.15, 0.2) is 72.9 Å². The molecule has 0 saturated carbocycles. The van der Waals surface area contributed by atoms with E-state index in [1.54, 1.807) is 0 Å². The van der Waals surface area contributed by atoms with E-state index in [-0.39, 0.29) is 0 Å². The minimum atomic E-state index is 0.968. The van der Waals surface area contributed by atoms with Crippen molar-refractivity contribution < 1.29 is 0 Å². The van der Waals surface area contributed by atoms with Gasteiger partial charge in [-0.2, -0.15) is 5.10 Å². The van der Waals surface area contributed by atoms with E-state index in [0.29, 0.717) is 0 Å². The van der Waals surface area contributed by atoms with Crippen LogP contribution < -0.4 is 0 Å². The van der Waals surface area contributed by atoms with Crippen LogP contribution in [-0.2, 0) is 6.42 Å². The largest absolute Gasteiger partial charge is 0.255 e. The molecule has 0 aliphatic heterocycles. The molecule has 0 unspecified atom stereocenters. The van der Waals surface area contributed by atoms with Crippen molar-refractivity contribution in [3.05, 3.63) is 89.6 Å². The maximum absolute atomic E-state index is 5.08. The fraction of sp³-hybridized carbons (Fsp3) is 0.154. The Balaban J connectivity index is 1.91. The first-order valence-corrected chi connectivity index (χ1v) is 10.1. The predicted octanol–water partition coefficient (Wildman–Crippen LogP) is 6.42. The lowest BCUT2D eigenvalue weighted by Gasteiger charge is -2.09. The van der Waals surface area contributed by atoms with Gasteiger partial charge in [-0.1, -0.05) is 49.4 Å². The molecule has 0 N–H and O–H groups in total. The zero-order chi connectivity index (χ0) is 20.0. The van der Waals surface area contributed by atoms with Gasteiger partial charge in [0.05, 0.1) is 16.7 Å². The van der Waals surface area contributed by atoms with E-state index in [1.165, 1.54) is 16.7 Å². The SMILES string of the molecule is CCc1ccc2ncc3c(-c4ccccc4)nn(-c4ccc(C)c(C)c4)c3c2c1. The molecule has 3 heteroatoms. The summed E-state index contributed by atoms with van der Waals surface area (Å²) in [6, 6.07) is 23.4. The van der Waals surface area contributed by atoms with Gasteiger partial charge in [-0.05, 0) is 61.2 Å². The molecule has 5 aromatic rings. The highest BCUT2D eigenvalue weighted by Gasteiger charge is 2.17. The molecule has 0 radical (unpaired) electrons.